The van der Waals surface area contributed by atoms with E-state index in [1.165, 1.54) is 4.90 Å². The minimum absolute atomic E-state index is 0.223. The molecule has 0 bridgehead atoms. The predicted octanol–water partition coefficient (Wildman–Crippen LogP) is 6.35. The number of carbonyl (C=O) groups excluding carboxylic acids is 3. The topological polar surface area (TPSA) is 69.7 Å². The molecule has 1 spiro atoms. The van der Waals surface area contributed by atoms with Crippen LogP contribution in [0.2, 0.25) is 0 Å². The van der Waals surface area contributed by atoms with Gasteiger partial charge in [0.05, 0.1) is 0 Å². The first-order valence-electron chi connectivity index (χ1n) is 12.8. The minimum atomic E-state index is -0.902. The lowest BCUT2D eigenvalue weighted by atomic mass is 9.80. The lowest BCUT2D eigenvalue weighted by molar-refractivity contribution is -0.134. The number of anilines is 2. The van der Waals surface area contributed by atoms with Crippen molar-refractivity contribution in [3.63, 3.8) is 0 Å². The molecule has 1 saturated heterocycles. The Morgan fingerprint density at radius 2 is 1.51 bits per heavy atom. The Kier molecular flexibility index (Phi) is 7.02. The van der Waals surface area contributed by atoms with Gasteiger partial charge in [0.25, 0.3) is 5.91 Å². The van der Waals surface area contributed by atoms with Gasteiger partial charge in [-0.3, -0.25) is 19.4 Å². The number of imide groups is 1. The van der Waals surface area contributed by atoms with Crippen LogP contribution in [0, 0.1) is 6.92 Å². The number of para-hydroxylation sites is 2. The van der Waals surface area contributed by atoms with Crippen LogP contribution in [0.3, 0.4) is 0 Å². The van der Waals surface area contributed by atoms with Gasteiger partial charge in [-0.2, -0.15) is 0 Å². The summed E-state index contributed by atoms with van der Waals surface area (Å²) in [5.41, 5.74) is 3.69. The number of carbonyl (C=O) groups is 3. The van der Waals surface area contributed by atoms with Gasteiger partial charge >= 0.3 is 6.03 Å². The molecule has 1 N–H and O–H groups in total. The van der Waals surface area contributed by atoms with E-state index in [9.17, 15) is 14.4 Å². The number of rotatable bonds is 6. The quantitative estimate of drug-likeness (QED) is 0.495. The molecule has 6 nitrogen and oxygen atoms in total. The number of nitrogens with zero attached hydrogens (tertiary/aromatic N) is 2. The van der Waals surface area contributed by atoms with Gasteiger partial charge in [-0.1, -0.05) is 83.4 Å². The number of hydrogen-bond acceptors (Lipinski definition) is 3. The highest BCUT2D eigenvalue weighted by Gasteiger charge is 2.58. The molecule has 2 aromatic carbocycles. The lowest BCUT2D eigenvalue weighted by Gasteiger charge is -2.38. The second-order valence-electron chi connectivity index (χ2n) is 10.6. The Morgan fingerprint density at radius 1 is 0.914 bits per heavy atom. The third kappa shape index (κ3) is 4.46. The number of benzene rings is 2. The van der Waals surface area contributed by atoms with Crippen molar-refractivity contribution < 1.29 is 14.4 Å². The van der Waals surface area contributed by atoms with Gasteiger partial charge in [-0.05, 0) is 54.4 Å². The van der Waals surface area contributed by atoms with Crippen molar-refractivity contribution in [2.45, 2.75) is 84.1 Å². The zero-order valence-electron chi connectivity index (χ0n) is 21.6. The summed E-state index contributed by atoms with van der Waals surface area (Å²) in [5, 5.41) is 3.06. The molecular formula is C29H37N3O3. The van der Waals surface area contributed by atoms with E-state index in [1.807, 2.05) is 49.4 Å². The van der Waals surface area contributed by atoms with Crippen molar-refractivity contribution in [2.24, 2.45) is 0 Å². The van der Waals surface area contributed by atoms with Crippen molar-refractivity contribution in [3.05, 3.63) is 59.2 Å². The Balaban J connectivity index is 1.65. The molecule has 0 radical (unpaired) electrons. The number of nitrogens with one attached hydrogen (secondary N) is 1. The second kappa shape index (κ2) is 9.84. The van der Waals surface area contributed by atoms with Crippen molar-refractivity contribution in [1.82, 2.24) is 4.90 Å². The molecule has 1 heterocycles. The molecule has 0 aromatic heterocycles. The van der Waals surface area contributed by atoms with E-state index >= 15 is 0 Å². The summed E-state index contributed by atoms with van der Waals surface area (Å²) in [4.78, 5) is 43.7. The maximum Gasteiger partial charge on any atom is 0.332 e. The van der Waals surface area contributed by atoms with Crippen LogP contribution in [-0.4, -0.2) is 34.8 Å². The molecule has 2 aromatic rings. The Labute approximate surface area is 208 Å². The zero-order valence-corrected chi connectivity index (χ0v) is 21.6. The van der Waals surface area contributed by atoms with E-state index in [2.05, 4.69) is 33.0 Å². The highest BCUT2D eigenvalue weighted by atomic mass is 16.2. The first-order chi connectivity index (χ1) is 16.7. The molecule has 4 rings (SSSR count). The van der Waals surface area contributed by atoms with Gasteiger partial charge < -0.3 is 5.32 Å². The molecule has 6 heteroatoms. The Bertz CT molecular complexity index is 1110. The minimum Gasteiger partial charge on any atom is -0.324 e. The largest absolute Gasteiger partial charge is 0.332 e. The van der Waals surface area contributed by atoms with Gasteiger partial charge in [0.15, 0.2) is 0 Å². The highest BCUT2D eigenvalue weighted by molar-refractivity contribution is 6.19. The molecule has 35 heavy (non-hydrogen) atoms. The van der Waals surface area contributed by atoms with E-state index in [1.54, 1.807) is 4.90 Å². The molecule has 4 amide bonds. The zero-order chi connectivity index (χ0) is 25.3. The number of urea groups is 1. The van der Waals surface area contributed by atoms with Gasteiger partial charge in [-0.15, -0.1) is 0 Å². The fraction of sp³-hybridized carbons (Fsp3) is 0.483. The Morgan fingerprint density at radius 3 is 2.09 bits per heavy atom. The van der Waals surface area contributed by atoms with Gasteiger partial charge in [0.2, 0.25) is 5.91 Å². The van der Waals surface area contributed by atoms with Crippen molar-refractivity contribution in [1.29, 1.82) is 0 Å². The van der Waals surface area contributed by atoms with Crippen molar-refractivity contribution >= 4 is 29.2 Å². The summed E-state index contributed by atoms with van der Waals surface area (Å²) >= 11 is 0. The van der Waals surface area contributed by atoms with Crippen LogP contribution in [-0.2, 0) is 9.59 Å². The lowest BCUT2D eigenvalue weighted by Crippen LogP contribution is -2.51. The first kappa shape index (κ1) is 25.0. The smallest absolute Gasteiger partial charge is 0.324 e. The number of hydrogen-bond donors (Lipinski definition) is 1. The van der Waals surface area contributed by atoms with Crippen LogP contribution in [0.4, 0.5) is 16.2 Å². The molecule has 0 unspecified atom stereocenters. The molecule has 1 aliphatic heterocycles. The van der Waals surface area contributed by atoms with Crippen LogP contribution in [0.1, 0.15) is 88.3 Å². The average molecular weight is 476 g/mol. The van der Waals surface area contributed by atoms with Gasteiger partial charge in [0, 0.05) is 11.4 Å². The second-order valence-corrected chi connectivity index (χ2v) is 10.6. The molecule has 186 valence electrons. The standard InChI is InChI=1S/C29H37N3O3/c1-19(2)22-13-11-14-23(20(3)4)26(22)30-25(33)18-31-27(34)29(16-9-6-10-17-29)32(28(31)35)24-15-8-7-12-21(24)5/h7-8,11-15,19-20H,6,9-10,16-18H2,1-5H3,(H,30,33). The van der Waals surface area contributed by atoms with Crippen molar-refractivity contribution in [2.75, 3.05) is 16.8 Å². The summed E-state index contributed by atoms with van der Waals surface area (Å²) in [5.74, 6) is -0.150. The van der Waals surface area contributed by atoms with Crippen LogP contribution in [0.5, 0.6) is 0 Å². The van der Waals surface area contributed by atoms with Crippen molar-refractivity contribution in [3.8, 4) is 0 Å². The SMILES string of the molecule is Cc1ccccc1N1C(=O)N(CC(=O)Nc2c(C(C)C)cccc2C(C)C)C(=O)C12CCCCC2. The normalized spacial score (nSPS) is 17.7. The molecule has 1 aliphatic carbocycles. The molecule has 1 saturated carbocycles. The fourth-order valence-electron chi connectivity index (χ4n) is 5.62. The van der Waals surface area contributed by atoms with E-state index in [0.29, 0.717) is 12.8 Å². The summed E-state index contributed by atoms with van der Waals surface area (Å²) in [6, 6.07) is 13.3. The molecule has 0 atom stereocenters. The van der Waals surface area contributed by atoms with E-state index < -0.39 is 11.6 Å². The van der Waals surface area contributed by atoms with Gasteiger partial charge in [0.1, 0.15) is 12.1 Å². The summed E-state index contributed by atoms with van der Waals surface area (Å²) in [6.07, 6.45) is 4.08. The van der Waals surface area contributed by atoms with E-state index in [-0.39, 0.29) is 30.2 Å². The van der Waals surface area contributed by atoms with Crippen LogP contribution >= 0.6 is 0 Å². The maximum atomic E-state index is 13.8. The average Bonchev–Trinajstić information content (AvgIpc) is 3.01. The van der Waals surface area contributed by atoms with E-state index in [4.69, 9.17) is 0 Å². The third-order valence-electron chi connectivity index (χ3n) is 7.47. The Hall–Kier alpha value is -3.15. The summed E-state index contributed by atoms with van der Waals surface area (Å²) in [7, 11) is 0. The van der Waals surface area contributed by atoms with Gasteiger partial charge in [-0.25, -0.2) is 4.79 Å². The summed E-state index contributed by atoms with van der Waals surface area (Å²) in [6.45, 7) is 10.0. The molecular weight excluding hydrogens is 438 g/mol. The van der Waals surface area contributed by atoms with Crippen LogP contribution in [0.25, 0.3) is 0 Å². The first-order valence-corrected chi connectivity index (χ1v) is 12.8. The number of aryl methyl sites for hydroxylation is 1. The highest BCUT2D eigenvalue weighted by Crippen LogP contribution is 2.44. The monoisotopic (exact) mass is 475 g/mol. The molecule has 2 aliphatic rings. The third-order valence-corrected chi connectivity index (χ3v) is 7.47. The molecule has 2 fully saturated rings. The van der Waals surface area contributed by atoms with E-state index in [0.717, 1.165) is 47.3 Å². The predicted molar refractivity (Wildman–Crippen MR) is 140 cm³/mol. The maximum absolute atomic E-state index is 13.8. The number of amides is 4. The summed E-state index contributed by atoms with van der Waals surface area (Å²) < 4.78 is 0. The van der Waals surface area contributed by atoms with Crippen LogP contribution in [0.15, 0.2) is 42.5 Å². The van der Waals surface area contributed by atoms with Crippen LogP contribution < -0.4 is 10.2 Å². The fourth-order valence-corrected chi connectivity index (χ4v) is 5.62.